The number of rotatable bonds is 5. The summed E-state index contributed by atoms with van der Waals surface area (Å²) in [5, 5.41) is 0. The van der Waals surface area contributed by atoms with Gasteiger partial charge >= 0.3 is 0 Å². The molecule has 16 heavy (non-hydrogen) atoms. The van der Waals surface area contributed by atoms with E-state index >= 15 is 0 Å². The van der Waals surface area contributed by atoms with Crippen LogP contribution in [0.5, 0.6) is 0 Å². The number of nitrogens with zero attached hydrogens (tertiary/aromatic N) is 1. The zero-order valence-corrected chi connectivity index (χ0v) is 10.2. The first-order valence-corrected chi connectivity index (χ1v) is 5.84. The van der Waals surface area contributed by atoms with Crippen LogP contribution in [-0.4, -0.2) is 49.7 Å². The van der Waals surface area contributed by atoms with Crippen molar-refractivity contribution in [1.82, 2.24) is 4.90 Å². The maximum Gasteiger partial charge on any atom is 0.221 e. The van der Waals surface area contributed by atoms with Gasteiger partial charge in [-0.15, -0.1) is 0 Å². The van der Waals surface area contributed by atoms with Gasteiger partial charge in [0.2, 0.25) is 5.91 Å². The molecule has 1 rings (SSSR count). The van der Waals surface area contributed by atoms with Crippen LogP contribution in [-0.2, 0) is 9.53 Å². The van der Waals surface area contributed by atoms with Crippen molar-refractivity contribution in [2.24, 2.45) is 17.4 Å². The lowest BCUT2D eigenvalue weighted by Crippen LogP contribution is -2.50. The van der Waals surface area contributed by atoms with Crippen molar-refractivity contribution in [2.75, 3.05) is 26.7 Å². The van der Waals surface area contributed by atoms with Crippen LogP contribution in [0.4, 0.5) is 0 Å². The molecule has 0 radical (unpaired) electrons. The first kappa shape index (κ1) is 13.4. The van der Waals surface area contributed by atoms with Gasteiger partial charge in [0.15, 0.2) is 0 Å². The summed E-state index contributed by atoms with van der Waals surface area (Å²) >= 11 is 0. The molecule has 0 bridgehead atoms. The average Bonchev–Trinajstić information content (AvgIpc) is 2.29. The first-order chi connectivity index (χ1) is 7.58. The number of piperidine rings is 1. The van der Waals surface area contributed by atoms with Crippen LogP contribution in [0.2, 0.25) is 0 Å². The molecule has 1 aliphatic rings. The standard InChI is InChI=1S/C11H23N3O2/c1-8(11(13)15)7-14-4-3-10(16-2)5-9(14)6-12/h8-10H,3-7,12H2,1-2H3,(H2,13,15). The van der Waals surface area contributed by atoms with E-state index in [1.165, 1.54) is 0 Å². The van der Waals surface area contributed by atoms with E-state index in [9.17, 15) is 4.79 Å². The first-order valence-electron chi connectivity index (χ1n) is 5.84. The van der Waals surface area contributed by atoms with Crippen LogP contribution in [0.25, 0.3) is 0 Å². The van der Waals surface area contributed by atoms with Gasteiger partial charge < -0.3 is 16.2 Å². The average molecular weight is 229 g/mol. The molecule has 0 spiro atoms. The molecule has 3 atom stereocenters. The minimum atomic E-state index is -0.246. The fourth-order valence-electron chi connectivity index (χ4n) is 2.20. The Balaban J connectivity index is 2.50. The molecule has 1 saturated heterocycles. The third-order valence-electron chi connectivity index (χ3n) is 3.39. The van der Waals surface area contributed by atoms with Gasteiger partial charge in [0.25, 0.3) is 0 Å². The Bertz CT molecular complexity index is 235. The molecule has 1 amide bonds. The molecule has 4 N–H and O–H groups in total. The second kappa shape index (κ2) is 6.18. The van der Waals surface area contributed by atoms with E-state index in [1.807, 2.05) is 6.92 Å². The fraction of sp³-hybridized carbons (Fsp3) is 0.909. The molecule has 1 aliphatic heterocycles. The van der Waals surface area contributed by atoms with Crippen LogP contribution in [0, 0.1) is 5.92 Å². The summed E-state index contributed by atoms with van der Waals surface area (Å²) < 4.78 is 5.35. The number of amides is 1. The van der Waals surface area contributed by atoms with E-state index in [1.54, 1.807) is 7.11 Å². The smallest absolute Gasteiger partial charge is 0.221 e. The summed E-state index contributed by atoms with van der Waals surface area (Å²) in [6.07, 6.45) is 2.24. The summed E-state index contributed by atoms with van der Waals surface area (Å²) in [4.78, 5) is 13.3. The Kier molecular flexibility index (Phi) is 5.18. The molecule has 5 nitrogen and oxygen atoms in total. The van der Waals surface area contributed by atoms with Crippen LogP contribution >= 0.6 is 0 Å². The lowest BCUT2D eigenvalue weighted by atomic mass is 9.97. The number of carbonyl (C=O) groups excluding carboxylic acids is 1. The molecule has 1 heterocycles. The van der Waals surface area contributed by atoms with Crippen molar-refractivity contribution < 1.29 is 9.53 Å². The Hall–Kier alpha value is -0.650. The van der Waals surface area contributed by atoms with E-state index in [-0.39, 0.29) is 11.8 Å². The Morgan fingerprint density at radius 1 is 1.62 bits per heavy atom. The fourth-order valence-corrected chi connectivity index (χ4v) is 2.20. The van der Waals surface area contributed by atoms with Gasteiger partial charge in [-0.2, -0.15) is 0 Å². The summed E-state index contributed by atoms with van der Waals surface area (Å²) in [7, 11) is 1.74. The number of hydrogen-bond acceptors (Lipinski definition) is 4. The second-order valence-corrected chi connectivity index (χ2v) is 4.57. The largest absolute Gasteiger partial charge is 0.381 e. The zero-order chi connectivity index (χ0) is 12.1. The molecule has 1 fully saturated rings. The van der Waals surface area contributed by atoms with E-state index in [0.717, 1.165) is 19.4 Å². The molecule has 0 aromatic carbocycles. The van der Waals surface area contributed by atoms with E-state index < -0.39 is 0 Å². The molecule has 5 heteroatoms. The van der Waals surface area contributed by atoms with Gasteiger partial charge in [0, 0.05) is 38.7 Å². The van der Waals surface area contributed by atoms with E-state index in [0.29, 0.717) is 25.2 Å². The molecule has 0 aromatic rings. The van der Waals surface area contributed by atoms with Crippen LogP contribution in [0.1, 0.15) is 19.8 Å². The summed E-state index contributed by atoms with van der Waals surface area (Å²) in [6, 6.07) is 0.306. The second-order valence-electron chi connectivity index (χ2n) is 4.57. The minimum Gasteiger partial charge on any atom is -0.381 e. The Morgan fingerprint density at radius 3 is 2.81 bits per heavy atom. The maximum atomic E-state index is 11.0. The van der Waals surface area contributed by atoms with Crippen molar-refractivity contribution in [2.45, 2.75) is 31.9 Å². The number of carbonyl (C=O) groups is 1. The number of hydrogen-bond donors (Lipinski definition) is 2. The molecule has 0 aliphatic carbocycles. The minimum absolute atomic E-state index is 0.117. The predicted octanol–water partition coefficient (Wildman–Crippen LogP) is -0.454. The summed E-state index contributed by atoms with van der Waals surface area (Å²) in [5.74, 6) is -0.363. The van der Waals surface area contributed by atoms with Gasteiger partial charge in [-0.1, -0.05) is 6.92 Å². The highest BCUT2D eigenvalue weighted by Gasteiger charge is 2.29. The van der Waals surface area contributed by atoms with Gasteiger partial charge in [-0.3, -0.25) is 9.69 Å². The lowest BCUT2D eigenvalue weighted by molar-refractivity contribution is -0.122. The highest BCUT2D eigenvalue weighted by Crippen LogP contribution is 2.20. The van der Waals surface area contributed by atoms with Crippen molar-refractivity contribution in [3.63, 3.8) is 0 Å². The topological polar surface area (TPSA) is 81.6 Å². The molecular weight excluding hydrogens is 206 g/mol. The van der Waals surface area contributed by atoms with Crippen molar-refractivity contribution in [3.8, 4) is 0 Å². The summed E-state index contributed by atoms with van der Waals surface area (Å²) in [5.41, 5.74) is 11.0. The van der Waals surface area contributed by atoms with Gasteiger partial charge in [-0.25, -0.2) is 0 Å². The van der Waals surface area contributed by atoms with Gasteiger partial charge in [0.05, 0.1) is 6.10 Å². The number of likely N-dealkylation sites (tertiary alicyclic amines) is 1. The zero-order valence-electron chi connectivity index (χ0n) is 10.2. The number of methoxy groups -OCH3 is 1. The number of primary amides is 1. The summed E-state index contributed by atoms with van der Waals surface area (Å²) in [6.45, 7) is 4.09. The normalized spacial score (nSPS) is 28.9. The molecule has 3 unspecified atom stereocenters. The third kappa shape index (κ3) is 3.43. The number of nitrogens with two attached hydrogens (primary N) is 2. The molecule has 94 valence electrons. The molecule has 0 aromatic heterocycles. The van der Waals surface area contributed by atoms with Crippen molar-refractivity contribution in [3.05, 3.63) is 0 Å². The highest BCUT2D eigenvalue weighted by molar-refractivity contribution is 5.76. The van der Waals surface area contributed by atoms with Crippen molar-refractivity contribution in [1.29, 1.82) is 0 Å². The third-order valence-corrected chi connectivity index (χ3v) is 3.39. The van der Waals surface area contributed by atoms with E-state index in [4.69, 9.17) is 16.2 Å². The quantitative estimate of drug-likeness (QED) is 0.669. The lowest BCUT2D eigenvalue weighted by Gasteiger charge is -2.39. The monoisotopic (exact) mass is 229 g/mol. The Morgan fingerprint density at radius 2 is 2.31 bits per heavy atom. The Labute approximate surface area is 97.1 Å². The molecular formula is C11H23N3O2. The van der Waals surface area contributed by atoms with E-state index in [2.05, 4.69) is 4.90 Å². The number of ether oxygens (including phenoxy) is 1. The van der Waals surface area contributed by atoms with Crippen molar-refractivity contribution >= 4 is 5.91 Å². The van der Waals surface area contributed by atoms with Crippen LogP contribution in [0.15, 0.2) is 0 Å². The SMILES string of the molecule is COC1CCN(CC(C)C(N)=O)C(CN)C1. The highest BCUT2D eigenvalue weighted by atomic mass is 16.5. The van der Waals surface area contributed by atoms with Gasteiger partial charge in [-0.05, 0) is 12.8 Å². The van der Waals surface area contributed by atoms with Crippen LogP contribution in [0.3, 0.4) is 0 Å². The molecule has 0 saturated carbocycles. The van der Waals surface area contributed by atoms with Crippen LogP contribution < -0.4 is 11.5 Å². The maximum absolute atomic E-state index is 11.0. The van der Waals surface area contributed by atoms with Gasteiger partial charge in [0.1, 0.15) is 0 Å². The predicted molar refractivity (Wildman–Crippen MR) is 62.8 cm³/mol.